The number of carbonyl (C=O) groups excluding carboxylic acids is 2. The molecule has 0 aromatic rings. The maximum Gasteiger partial charge on any atom is 0.187 e. The van der Waals surface area contributed by atoms with E-state index in [-0.39, 0.29) is 18.8 Å². The van der Waals surface area contributed by atoms with Gasteiger partial charge in [-0.2, -0.15) is 0 Å². The molecule has 0 aromatic carbocycles. The van der Waals surface area contributed by atoms with Gasteiger partial charge in [-0.25, -0.2) is 0 Å². The first kappa shape index (κ1) is 12.0. The minimum absolute atomic E-state index is 0.130. The van der Waals surface area contributed by atoms with Crippen molar-refractivity contribution in [3.8, 4) is 0 Å². The summed E-state index contributed by atoms with van der Waals surface area (Å²) in [5.74, 6) is -0.683. The van der Waals surface area contributed by atoms with Crippen LogP contribution in [0.5, 0.6) is 0 Å². The molecule has 1 rings (SSSR count). The maximum atomic E-state index is 11.1. The summed E-state index contributed by atoms with van der Waals surface area (Å²) in [5.41, 5.74) is 0.152. The molecule has 0 spiro atoms. The first-order chi connectivity index (χ1) is 7.07. The molecule has 0 heterocycles. The Morgan fingerprint density at radius 1 is 1.33 bits per heavy atom. The van der Waals surface area contributed by atoms with Gasteiger partial charge in [0.25, 0.3) is 0 Å². The van der Waals surface area contributed by atoms with E-state index in [1.165, 1.54) is 0 Å². The smallest absolute Gasteiger partial charge is 0.187 e. The monoisotopic (exact) mass is 216 g/mol. The van der Waals surface area contributed by atoms with Crippen LogP contribution in [0.15, 0.2) is 11.6 Å². The number of hydrogen-bond acceptors (Lipinski definition) is 6. The maximum absolute atomic E-state index is 11.1. The molecule has 0 aromatic heterocycles. The lowest BCUT2D eigenvalue weighted by Crippen LogP contribution is -2.47. The van der Waals surface area contributed by atoms with Crippen molar-refractivity contribution >= 4 is 12.1 Å². The number of aldehydes is 1. The van der Waals surface area contributed by atoms with Gasteiger partial charge in [0.15, 0.2) is 5.78 Å². The van der Waals surface area contributed by atoms with Gasteiger partial charge in [0, 0.05) is 0 Å². The molecular weight excluding hydrogens is 204 g/mol. The quantitative estimate of drug-likeness (QED) is 0.363. The number of aliphatic hydroxyl groups is 3. The molecule has 3 N–H and O–H groups in total. The van der Waals surface area contributed by atoms with Crippen LogP contribution in [-0.2, 0) is 14.3 Å². The Morgan fingerprint density at radius 3 is 2.60 bits per heavy atom. The highest BCUT2D eigenvalue weighted by atomic mass is 16.5. The summed E-state index contributed by atoms with van der Waals surface area (Å²) in [5, 5.41) is 27.8. The number of rotatable bonds is 4. The van der Waals surface area contributed by atoms with Crippen LogP contribution in [0.4, 0.5) is 0 Å². The van der Waals surface area contributed by atoms with Crippen LogP contribution in [0, 0.1) is 0 Å². The van der Waals surface area contributed by atoms with Crippen molar-refractivity contribution < 1.29 is 29.6 Å². The van der Waals surface area contributed by atoms with Crippen molar-refractivity contribution in [3.63, 3.8) is 0 Å². The Hall–Kier alpha value is -1.08. The number of aliphatic hydroxyl groups excluding tert-OH is 3. The minimum atomic E-state index is -1.60. The molecule has 0 saturated carbocycles. The van der Waals surface area contributed by atoms with Gasteiger partial charge in [-0.3, -0.25) is 4.79 Å². The van der Waals surface area contributed by atoms with E-state index in [4.69, 9.17) is 9.84 Å². The van der Waals surface area contributed by atoms with Crippen molar-refractivity contribution in [2.45, 2.75) is 18.3 Å². The molecule has 84 valence electrons. The summed E-state index contributed by atoms with van der Waals surface area (Å²) in [4.78, 5) is 21.0. The normalized spacial score (nSPS) is 31.3. The Kier molecular flexibility index (Phi) is 4.10. The fraction of sp³-hybridized carbons (Fsp3) is 0.556. The highest BCUT2D eigenvalue weighted by Gasteiger charge is 2.36. The molecule has 1 aliphatic rings. The van der Waals surface area contributed by atoms with Gasteiger partial charge < -0.3 is 24.9 Å². The van der Waals surface area contributed by atoms with Crippen LogP contribution in [0.1, 0.15) is 0 Å². The van der Waals surface area contributed by atoms with Crippen LogP contribution in [0.3, 0.4) is 0 Å². The van der Waals surface area contributed by atoms with E-state index in [9.17, 15) is 19.8 Å². The Morgan fingerprint density at radius 2 is 2.00 bits per heavy atom. The van der Waals surface area contributed by atoms with Crippen molar-refractivity contribution in [2.75, 3.05) is 13.2 Å². The zero-order chi connectivity index (χ0) is 11.4. The SMILES string of the molecule is O=CCOCC1=CC(=O)[C@H](O)[C@@H](O)[C@@H]1O. The van der Waals surface area contributed by atoms with Gasteiger partial charge >= 0.3 is 0 Å². The van der Waals surface area contributed by atoms with Crippen LogP contribution >= 0.6 is 0 Å². The lowest BCUT2D eigenvalue weighted by atomic mass is 9.91. The minimum Gasteiger partial charge on any atom is -0.387 e. The van der Waals surface area contributed by atoms with E-state index < -0.39 is 24.1 Å². The standard InChI is InChI=1S/C9H12O6/c10-1-2-15-4-5-3-6(11)8(13)9(14)7(5)12/h1,3,7-9,12-14H,2,4H2/t7-,8+,9+/m1/s1. The summed E-state index contributed by atoms with van der Waals surface area (Å²) in [6, 6.07) is 0. The van der Waals surface area contributed by atoms with Gasteiger partial charge in [-0.1, -0.05) is 0 Å². The molecule has 0 saturated heterocycles. The predicted octanol–water partition coefficient (Wildman–Crippen LogP) is -2.21. The molecule has 0 bridgehead atoms. The third kappa shape index (κ3) is 2.69. The second kappa shape index (κ2) is 5.13. The van der Waals surface area contributed by atoms with Gasteiger partial charge in [0.2, 0.25) is 0 Å². The van der Waals surface area contributed by atoms with Crippen molar-refractivity contribution in [2.24, 2.45) is 0 Å². The van der Waals surface area contributed by atoms with E-state index in [0.29, 0.717) is 6.29 Å². The molecule has 0 unspecified atom stereocenters. The number of carbonyl (C=O) groups is 2. The van der Waals surface area contributed by atoms with E-state index in [1.54, 1.807) is 0 Å². The van der Waals surface area contributed by atoms with Crippen molar-refractivity contribution in [1.29, 1.82) is 0 Å². The zero-order valence-corrected chi connectivity index (χ0v) is 7.87. The molecule has 0 aliphatic heterocycles. The molecule has 0 radical (unpaired) electrons. The average molecular weight is 216 g/mol. The Labute approximate surface area is 85.8 Å². The second-order valence-corrected chi connectivity index (χ2v) is 3.18. The Balaban J connectivity index is 2.66. The molecular formula is C9H12O6. The molecule has 6 heteroatoms. The lowest BCUT2D eigenvalue weighted by Gasteiger charge is -2.27. The summed E-state index contributed by atoms with van der Waals surface area (Å²) in [6.45, 7) is -0.285. The fourth-order valence-corrected chi connectivity index (χ4v) is 1.27. The lowest BCUT2D eigenvalue weighted by molar-refractivity contribution is -0.134. The summed E-state index contributed by atoms with van der Waals surface area (Å²) in [6.07, 6.45) is -2.94. The molecule has 0 amide bonds. The van der Waals surface area contributed by atoms with Crippen molar-refractivity contribution in [3.05, 3.63) is 11.6 Å². The van der Waals surface area contributed by atoms with Crippen LogP contribution < -0.4 is 0 Å². The van der Waals surface area contributed by atoms with E-state index in [1.807, 2.05) is 0 Å². The summed E-state index contributed by atoms with van der Waals surface area (Å²) >= 11 is 0. The van der Waals surface area contributed by atoms with Gasteiger partial charge in [-0.15, -0.1) is 0 Å². The summed E-state index contributed by atoms with van der Waals surface area (Å²) in [7, 11) is 0. The summed E-state index contributed by atoms with van der Waals surface area (Å²) < 4.78 is 4.78. The topological polar surface area (TPSA) is 104 Å². The van der Waals surface area contributed by atoms with E-state index in [0.717, 1.165) is 6.08 Å². The van der Waals surface area contributed by atoms with Crippen LogP contribution in [-0.4, -0.2) is 58.9 Å². The van der Waals surface area contributed by atoms with Crippen LogP contribution in [0.2, 0.25) is 0 Å². The van der Waals surface area contributed by atoms with Crippen molar-refractivity contribution in [1.82, 2.24) is 0 Å². The number of ketones is 1. The van der Waals surface area contributed by atoms with Gasteiger partial charge in [0.05, 0.1) is 6.61 Å². The highest BCUT2D eigenvalue weighted by molar-refractivity contribution is 5.95. The van der Waals surface area contributed by atoms with Crippen LogP contribution in [0.25, 0.3) is 0 Å². The third-order valence-corrected chi connectivity index (χ3v) is 2.10. The van der Waals surface area contributed by atoms with E-state index >= 15 is 0 Å². The second-order valence-electron chi connectivity index (χ2n) is 3.18. The van der Waals surface area contributed by atoms with Gasteiger partial charge in [-0.05, 0) is 11.6 Å². The molecule has 3 atom stereocenters. The average Bonchev–Trinajstić information content (AvgIpc) is 2.23. The van der Waals surface area contributed by atoms with Gasteiger partial charge in [0.1, 0.15) is 31.2 Å². The Bertz CT molecular complexity index is 284. The highest BCUT2D eigenvalue weighted by Crippen LogP contribution is 2.17. The molecule has 6 nitrogen and oxygen atoms in total. The first-order valence-corrected chi connectivity index (χ1v) is 4.37. The predicted molar refractivity (Wildman–Crippen MR) is 48.0 cm³/mol. The first-order valence-electron chi connectivity index (χ1n) is 4.37. The molecule has 1 aliphatic carbocycles. The number of hydrogen-bond donors (Lipinski definition) is 3. The van der Waals surface area contributed by atoms with E-state index in [2.05, 4.69) is 0 Å². The molecule has 0 fully saturated rings. The largest absolute Gasteiger partial charge is 0.387 e. The molecule has 15 heavy (non-hydrogen) atoms. The zero-order valence-electron chi connectivity index (χ0n) is 7.87. The third-order valence-electron chi connectivity index (χ3n) is 2.10. The number of ether oxygens (including phenoxy) is 1. The fourth-order valence-electron chi connectivity index (χ4n) is 1.27.